The Kier molecular flexibility index (Phi) is 6.40. The molecular formula is C22H21ClN2O3. The summed E-state index contributed by atoms with van der Waals surface area (Å²) < 4.78 is 10.5. The third kappa shape index (κ3) is 5.18. The number of carbonyl (C=O) groups excluding carboxylic acids is 1. The molecule has 0 aliphatic rings. The van der Waals surface area contributed by atoms with Crippen LogP contribution in [-0.2, 0) is 11.2 Å². The molecule has 0 fully saturated rings. The van der Waals surface area contributed by atoms with Gasteiger partial charge < -0.3 is 20.1 Å². The minimum absolute atomic E-state index is 0.109. The Bertz CT molecular complexity index is 958. The van der Waals surface area contributed by atoms with Crippen molar-refractivity contribution >= 4 is 34.6 Å². The van der Waals surface area contributed by atoms with Crippen LogP contribution >= 0.6 is 11.6 Å². The Morgan fingerprint density at radius 3 is 2.25 bits per heavy atom. The second kappa shape index (κ2) is 9.15. The maximum absolute atomic E-state index is 12.3. The number of nitrogens with one attached hydrogen (secondary N) is 2. The van der Waals surface area contributed by atoms with E-state index in [1.54, 1.807) is 26.4 Å². The van der Waals surface area contributed by atoms with Gasteiger partial charge >= 0.3 is 0 Å². The predicted octanol–water partition coefficient (Wildman–Crippen LogP) is 5.28. The van der Waals surface area contributed by atoms with Crippen LogP contribution in [0.3, 0.4) is 0 Å². The molecule has 0 unspecified atom stereocenters. The highest BCUT2D eigenvalue weighted by Gasteiger charge is 2.09. The molecule has 0 aromatic heterocycles. The van der Waals surface area contributed by atoms with Gasteiger partial charge in [0.05, 0.1) is 20.6 Å². The molecule has 2 N–H and O–H groups in total. The van der Waals surface area contributed by atoms with Crippen LogP contribution in [0, 0.1) is 0 Å². The molecule has 3 aromatic carbocycles. The zero-order chi connectivity index (χ0) is 19.9. The predicted molar refractivity (Wildman–Crippen MR) is 113 cm³/mol. The summed E-state index contributed by atoms with van der Waals surface area (Å²) in [5.74, 6) is 1.13. The van der Waals surface area contributed by atoms with Crippen LogP contribution < -0.4 is 20.1 Å². The summed E-state index contributed by atoms with van der Waals surface area (Å²) in [4.78, 5) is 12.3. The van der Waals surface area contributed by atoms with E-state index in [9.17, 15) is 4.79 Å². The van der Waals surface area contributed by atoms with Crippen molar-refractivity contribution in [1.82, 2.24) is 0 Å². The number of rotatable bonds is 7. The van der Waals surface area contributed by atoms with E-state index in [4.69, 9.17) is 21.1 Å². The molecule has 6 heteroatoms. The molecule has 0 atom stereocenters. The molecule has 3 aromatic rings. The van der Waals surface area contributed by atoms with Crippen LogP contribution in [0.1, 0.15) is 5.56 Å². The largest absolute Gasteiger partial charge is 0.493 e. The van der Waals surface area contributed by atoms with Crippen molar-refractivity contribution in [2.75, 3.05) is 24.9 Å². The van der Waals surface area contributed by atoms with Gasteiger partial charge in [0.2, 0.25) is 5.91 Å². The lowest BCUT2D eigenvalue weighted by atomic mass is 10.1. The number of anilines is 3. The van der Waals surface area contributed by atoms with E-state index in [-0.39, 0.29) is 12.3 Å². The third-order valence-corrected chi connectivity index (χ3v) is 4.33. The Labute approximate surface area is 169 Å². The molecule has 5 nitrogen and oxygen atoms in total. The third-order valence-electron chi connectivity index (χ3n) is 4.09. The maximum atomic E-state index is 12.3. The molecule has 0 heterocycles. The molecule has 1 amide bonds. The van der Waals surface area contributed by atoms with E-state index >= 15 is 0 Å². The summed E-state index contributed by atoms with van der Waals surface area (Å²) in [6.45, 7) is 0. The maximum Gasteiger partial charge on any atom is 0.228 e. The highest BCUT2D eigenvalue weighted by molar-refractivity contribution is 6.30. The number of amides is 1. The molecule has 0 aliphatic carbocycles. The van der Waals surface area contributed by atoms with E-state index in [1.165, 1.54) is 0 Å². The van der Waals surface area contributed by atoms with E-state index in [1.807, 2.05) is 54.6 Å². The Morgan fingerprint density at radius 2 is 1.57 bits per heavy atom. The van der Waals surface area contributed by atoms with Crippen molar-refractivity contribution in [2.24, 2.45) is 0 Å². The van der Waals surface area contributed by atoms with Gasteiger partial charge in [0, 0.05) is 22.1 Å². The number of benzene rings is 3. The zero-order valence-electron chi connectivity index (χ0n) is 15.7. The summed E-state index contributed by atoms with van der Waals surface area (Å²) in [6.07, 6.45) is 0.239. The molecule has 3 rings (SSSR count). The van der Waals surface area contributed by atoms with Crippen LogP contribution in [0.4, 0.5) is 17.1 Å². The first-order chi connectivity index (χ1) is 13.6. The van der Waals surface area contributed by atoms with Crippen molar-refractivity contribution in [1.29, 1.82) is 0 Å². The molecule has 0 radical (unpaired) electrons. The van der Waals surface area contributed by atoms with Crippen LogP contribution in [0.15, 0.2) is 66.7 Å². The fourth-order valence-electron chi connectivity index (χ4n) is 2.75. The summed E-state index contributed by atoms with van der Waals surface area (Å²) in [6, 6.07) is 20.4. The van der Waals surface area contributed by atoms with E-state index in [0.29, 0.717) is 16.5 Å². The molecule has 0 spiro atoms. The summed E-state index contributed by atoms with van der Waals surface area (Å²) in [5, 5.41) is 6.83. The monoisotopic (exact) mass is 396 g/mol. The lowest BCUT2D eigenvalue weighted by Crippen LogP contribution is -2.14. The highest BCUT2D eigenvalue weighted by Crippen LogP contribution is 2.28. The Morgan fingerprint density at radius 1 is 0.857 bits per heavy atom. The van der Waals surface area contributed by atoms with Crippen molar-refractivity contribution in [3.63, 3.8) is 0 Å². The number of hydrogen-bond donors (Lipinski definition) is 2. The average molecular weight is 397 g/mol. The standard InChI is InChI=1S/C22H21ClN2O3/c1-27-20-11-6-15(12-21(20)28-2)13-22(26)25-18-9-7-17(8-10-18)24-19-5-3-4-16(23)14-19/h3-12,14,24H,13H2,1-2H3,(H,25,26). The number of carbonyl (C=O) groups is 1. The van der Waals surface area contributed by atoms with E-state index < -0.39 is 0 Å². The average Bonchev–Trinajstić information content (AvgIpc) is 2.69. The van der Waals surface area contributed by atoms with Gasteiger partial charge in [0.15, 0.2) is 11.5 Å². The zero-order valence-corrected chi connectivity index (χ0v) is 16.4. The fourth-order valence-corrected chi connectivity index (χ4v) is 2.94. The smallest absolute Gasteiger partial charge is 0.228 e. The van der Waals surface area contributed by atoms with Crippen molar-refractivity contribution in [3.8, 4) is 11.5 Å². The van der Waals surface area contributed by atoms with Gasteiger partial charge in [-0.25, -0.2) is 0 Å². The summed E-state index contributed by atoms with van der Waals surface area (Å²) in [7, 11) is 3.15. The minimum atomic E-state index is -0.109. The summed E-state index contributed by atoms with van der Waals surface area (Å²) >= 11 is 5.99. The normalized spacial score (nSPS) is 10.2. The van der Waals surface area contributed by atoms with Crippen LogP contribution in [0.25, 0.3) is 0 Å². The molecule has 0 saturated carbocycles. The molecular weight excluding hydrogens is 376 g/mol. The molecule has 28 heavy (non-hydrogen) atoms. The van der Waals surface area contributed by atoms with Crippen molar-refractivity contribution in [2.45, 2.75) is 6.42 Å². The van der Waals surface area contributed by atoms with Crippen LogP contribution in [0.2, 0.25) is 5.02 Å². The van der Waals surface area contributed by atoms with Gasteiger partial charge in [-0.3, -0.25) is 4.79 Å². The highest BCUT2D eigenvalue weighted by atomic mass is 35.5. The minimum Gasteiger partial charge on any atom is -0.493 e. The van der Waals surface area contributed by atoms with Gasteiger partial charge in [-0.1, -0.05) is 23.7 Å². The van der Waals surface area contributed by atoms with Gasteiger partial charge in [-0.2, -0.15) is 0 Å². The SMILES string of the molecule is COc1ccc(CC(=O)Nc2ccc(Nc3cccc(Cl)c3)cc2)cc1OC. The van der Waals surface area contributed by atoms with E-state index in [0.717, 1.165) is 22.6 Å². The second-order valence-corrected chi connectivity index (χ2v) is 6.56. The number of halogens is 1. The lowest BCUT2D eigenvalue weighted by molar-refractivity contribution is -0.115. The molecule has 0 bridgehead atoms. The molecule has 0 aliphatic heterocycles. The first-order valence-electron chi connectivity index (χ1n) is 8.71. The molecule has 0 saturated heterocycles. The summed E-state index contributed by atoms with van der Waals surface area (Å²) in [5.41, 5.74) is 3.37. The first kappa shape index (κ1) is 19.6. The topological polar surface area (TPSA) is 59.6 Å². The van der Waals surface area contributed by atoms with Gasteiger partial charge in [-0.05, 0) is 60.2 Å². The van der Waals surface area contributed by atoms with Crippen LogP contribution in [-0.4, -0.2) is 20.1 Å². The fraction of sp³-hybridized carbons (Fsp3) is 0.136. The van der Waals surface area contributed by atoms with Gasteiger partial charge in [-0.15, -0.1) is 0 Å². The quantitative estimate of drug-likeness (QED) is 0.570. The number of ether oxygens (including phenoxy) is 2. The molecule has 144 valence electrons. The lowest BCUT2D eigenvalue weighted by Gasteiger charge is -2.11. The van der Waals surface area contributed by atoms with Crippen molar-refractivity contribution in [3.05, 3.63) is 77.3 Å². The van der Waals surface area contributed by atoms with E-state index in [2.05, 4.69) is 10.6 Å². The Balaban J connectivity index is 1.60. The number of hydrogen-bond acceptors (Lipinski definition) is 4. The van der Waals surface area contributed by atoms with Gasteiger partial charge in [0.1, 0.15) is 0 Å². The Hall–Kier alpha value is -3.18. The first-order valence-corrected chi connectivity index (χ1v) is 9.08. The number of methoxy groups -OCH3 is 2. The van der Waals surface area contributed by atoms with Crippen molar-refractivity contribution < 1.29 is 14.3 Å². The van der Waals surface area contributed by atoms with Gasteiger partial charge in [0.25, 0.3) is 0 Å². The van der Waals surface area contributed by atoms with Crippen LogP contribution in [0.5, 0.6) is 11.5 Å². The second-order valence-electron chi connectivity index (χ2n) is 6.13.